The van der Waals surface area contributed by atoms with Crippen LogP contribution in [0.5, 0.6) is 0 Å². The SMILES string of the molecule is CCCC1C(=O)N(C)C(N)=NC1(C)c1cc(-c2cccc(C#N)c2)cs1. The lowest BCUT2D eigenvalue weighted by atomic mass is 9.79. The summed E-state index contributed by atoms with van der Waals surface area (Å²) in [6.45, 7) is 4.06. The number of rotatable bonds is 4. The van der Waals surface area contributed by atoms with Gasteiger partial charge in [-0.15, -0.1) is 11.3 Å². The molecule has 2 unspecified atom stereocenters. The van der Waals surface area contributed by atoms with Gasteiger partial charge in [-0.1, -0.05) is 25.5 Å². The third-order valence-corrected chi connectivity index (χ3v) is 6.16. The summed E-state index contributed by atoms with van der Waals surface area (Å²) in [7, 11) is 1.68. The van der Waals surface area contributed by atoms with Crippen molar-refractivity contribution in [3.05, 3.63) is 46.2 Å². The van der Waals surface area contributed by atoms with Crippen LogP contribution in [0.25, 0.3) is 11.1 Å². The quantitative estimate of drug-likeness (QED) is 0.895. The van der Waals surface area contributed by atoms with Gasteiger partial charge in [0.25, 0.3) is 0 Å². The van der Waals surface area contributed by atoms with E-state index < -0.39 is 5.54 Å². The van der Waals surface area contributed by atoms with Crippen molar-refractivity contribution in [2.75, 3.05) is 7.05 Å². The molecule has 0 spiro atoms. The number of carbonyl (C=O) groups is 1. The Morgan fingerprint density at radius 1 is 1.38 bits per heavy atom. The summed E-state index contributed by atoms with van der Waals surface area (Å²) in [6.07, 6.45) is 1.66. The van der Waals surface area contributed by atoms with Crippen LogP contribution in [0.2, 0.25) is 0 Å². The summed E-state index contributed by atoms with van der Waals surface area (Å²) in [5.41, 5.74) is 7.99. The van der Waals surface area contributed by atoms with E-state index in [1.807, 2.05) is 25.1 Å². The Balaban J connectivity index is 2.05. The van der Waals surface area contributed by atoms with E-state index in [-0.39, 0.29) is 17.8 Å². The molecule has 2 aromatic rings. The van der Waals surface area contributed by atoms with E-state index in [2.05, 4.69) is 24.4 Å². The molecule has 2 atom stereocenters. The third kappa shape index (κ3) is 2.99. The molecule has 5 nitrogen and oxygen atoms in total. The maximum Gasteiger partial charge on any atom is 0.234 e. The summed E-state index contributed by atoms with van der Waals surface area (Å²) in [5.74, 6) is 0.0382. The third-order valence-electron chi connectivity index (χ3n) is 5.00. The number of carbonyl (C=O) groups excluding carboxylic acids is 1. The lowest BCUT2D eigenvalue weighted by Crippen LogP contribution is -2.53. The summed E-state index contributed by atoms with van der Waals surface area (Å²) in [4.78, 5) is 20.0. The minimum atomic E-state index is -0.667. The summed E-state index contributed by atoms with van der Waals surface area (Å²) >= 11 is 1.58. The van der Waals surface area contributed by atoms with Crippen molar-refractivity contribution in [1.82, 2.24) is 4.90 Å². The normalized spacial score (nSPS) is 22.8. The van der Waals surface area contributed by atoms with Gasteiger partial charge >= 0.3 is 0 Å². The zero-order chi connectivity index (χ0) is 18.9. The van der Waals surface area contributed by atoms with Gasteiger partial charge in [0.2, 0.25) is 5.91 Å². The van der Waals surface area contributed by atoms with Crippen LogP contribution < -0.4 is 5.73 Å². The number of hydrogen-bond donors (Lipinski definition) is 1. The van der Waals surface area contributed by atoms with Gasteiger partial charge in [0.1, 0.15) is 5.54 Å². The molecular weight excluding hydrogens is 344 g/mol. The molecule has 0 saturated carbocycles. The second-order valence-corrected chi connectivity index (χ2v) is 7.66. The molecule has 1 aliphatic rings. The Hall–Kier alpha value is -2.65. The Bertz CT molecular complexity index is 911. The van der Waals surface area contributed by atoms with Gasteiger partial charge in [-0.25, -0.2) is 4.99 Å². The van der Waals surface area contributed by atoms with Crippen LogP contribution in [0.15, 0.2) is 40.7 Å². The molecule has 1 amide bonds. The first-order valence-electron chi connectivity index (χ1n) is 8.63. The number of benzene rings is 1. The molecule has 134 valence electrons. The lowest BCUT2D eigenvalue weighted by Gasteiger charge is -2.39. The van der Waals surface area contributed by atoms with E-state index in [4.69, 9.17) is 16.0 Å². The molecule has 2 heterocycles. The number of nitrogens with two attached hydrogens (primary N) is 1. The Labute approximate surface area is 157 Å². The number of hydrogen-bond acceptors (Lipinski definition) is 5. The number of guanidine groups is 1. The van der Waals surface area contributed by atoms with E-state index in [9.17, 15) is 4.79 Å². The molecule has 0 radical (unpaired) electrons. The monoisotopic (exact) mass is 366 g/mol. The van der Waals surface area contributed by atoms with E-state index in [0.717, 1.165) is 28.8 Å². The summed E-state index contributed by atoms with van der Waals surface area (Å²) in [5, 5.41) is 11.2. The molecule has 2 N–H and O–H groups in total. The van der Waals surface area contributed by atoms with Crippen LogP contribution >= 0.6 is 11.3 Å². The summed E-state index contributed by atoms with van der Waals surface area (Å²) in [6, 6.07) is 11.8. The van der Waals surface area contributed by atoms with Crippen molar-refractivity contribution in [1.29, 1.82) is 5.26 Å². The largest absolute Gasteiger partial charge is 0.369 e. The number of amides is 1. The second-order valence-electron chi connectivity index (χ2n) is 6.75. The van der Waals surface area contributed by atoms with Crippen molar-refractivity contribution >= 4 is 23.2 Å². The highest BCUT2D eigenvalue weighted by Gasteiger charge is 2.46. The number of thiophene rings is 1. The number of nitriles is 1. The fourth-order valence-corrected chi connectivity index (χ4v) is 4.50. The van der Waals surface area contributed by atoms with E-state index in [1.165, 1.54) is 4.90 Å². The van der Waals surface area contributed by atoms with Crippen molar-refractivity contribution in [3.63, 3.8) is 0 Å². The molecule has 3 rings (SSSR count). The van der Waals surface area contributed by atoms with Crippen LogP contribution in [-0.4, -0.2) is 23.8 Å². The maximum absolute atomic E-state index is 12.8. The molecule has 0 fully saturated rings. The van der Waals surface area contributed by atoms with Crippen LogP contribution in [0.1, 0.15) is 37.1 Å². The molecule has 1 aromatic carbocycles. The molecule has 1 aliphatic heterocycles. The van der Waals surface area contributed by atoms with Crippen LogP contribution in [0, 0.1) is 17.2 Å². The van der Waals surface area contributed by atoms with Gasteiger partial charge in [-0.05, 0) is 48.1 Å². The van der Waals surface area contributed by atoms with Crippen LogP contribution in [0.3, 0.4) is 0 Å². The molecular formula is C20H22N4OS. The minimum absolute atomic E-state index is 0.0169. The highest BCUT2D eigenvalue weighted by molar-refractivity contribution is 7.10. The molecule has 1 aromatic heterocycles. The average molecular weight is 366 g/mol. The van der Waals surface area contributed by atoms with Crippen molar-refractivity contribution in [2.45, 2.75) is 32.2 Å². The fourth-order valence-electron chi connectivity index (χ4n) is 3.42. The van der Waals surface area contributed by atoms with Gasteiger partial charge in [0.05, 0.1) is 17.6 Å². The Kier molecular flexibility index (Phi) is 4.84. The first-order valence-corrected chi connectivity index (χ1v) is 9.51. The van der Waals surface area contributed by atoms with Crippen molar-refractivity contribution in [2.24, 2.45) is 16.6 Å². The second kappa shape index (κ2) is 6.93. The highest BCUT2D eigenvalue weighted by Crippen LogP contribution is 2.44. The Morgan fingerprint density at radius 2 is 2.15 bits per heavy atom. The fraction of sp³-hybridized carbons (Fsp3) is 0.350. The highest BCUT2D eigenvalue weighted by atomic mass is 32.1. The number of nitrogens with zero attached hydrogens (tertiary/aromatic N) is 3. The topological polar surface area (TPSA) is 82.5 Å². The standard InChI is InChI=1S/C20H22N4OS/c1-4-6-16-18(25)24(3)19(22)23-20(16,2)17-10-15(12-26-17)14-8-5-7-13(9-14)11-21/h5,7-10,12,16H,4,6H2,1-3H3,(H2,22,23). The zero-order valence-corrected chi connectivity index (χ0v) is 16.0. The first-order chi connectivity index (χ1) is 12.4. The first kappa shape index (κ1) is 18.2. The van der Waals surface area contributed by atoms with Gasteiger partial charge < -0.3 is 5.73 Å². The average Bonchev–Trinajstić information content (AvgIpc) is 3.14. The number of aliphatic imine (C=N–C) groups is 1. The minimum Gasteiger partial charge on any atom is -0.369 e. The molecule has 0 bridgehead atoms. The van der Waals surface area contributed by atoms with Crippen LogP contribution in [0.4, 0.5) is 0 Å². The lowest BCUT2D eigenvalue weighted by molar-refractivity contribution is -0.134. The van der Waals surface area contributed by atoms with Gasteiger partial charge in [0, 0.05) is 11.9 Å². The van der Waals surface area contributed by atoms with E-state index >= 15 is 0 Å². The molecule has 26 heavy (non-hydrogen) atoms. The maximum atomic E-state index is 12.8. The molecule has 0 saturated heterocycles. The van der Waals surface area contributed by atoms with Crippen molar-refractivity contribution in [3.8, 4) is 17.2 Å². The van der Waals surface area contributed by atoms with E-state index in [1.54, 1.807) is 24.5 Å². The smallest absolute Gasteiger partial charge is 0.234 e. The summed E-state index contributed by atoms with van der Waals surface area (Å²) < 4.78 is 0. The van der Waals surface area contributed by atoms with Gasteiger partial charge in [0.15, 0.2) is 5.96 Å². The van der Waals surface area contributed by atoms with Crippen LogP contribution in [-0.2, 0) is 10.3 Å². The Morgan fingerprint density at radius 3 is 2.85 bits per heavy atom. The van der Waals surface area contributed by atoms with Crippen molar-refractivity contribution < 1.29 is 4.79 Å². The van der Waals surface area contributed by atoms with Gasteiger partial charge in [-0.3, -0.25) is 9.69 Å². The zero-order valence-electron chi connectivity index (χ0n) is 15.2. The predicted octanol–water partition coefficient (Wildman–Crippen LogP) is 3.70. The molecule has 0 aliphatic carbocycles. The predicted molar refractivity (Wildman–Crippen MR) is 105 cm³/mol. The van der Waals surface area contributed by atoms with Gasteiger partial charge in [-0.2, -0.15) is 5.26 Å². The van der Waals surface area contributed by atoms with E-state index in [0.29, 0.717) is 5.56 Å². The molecule has 6 heteroatoms.